The minimum Gasteiger partial charge on any atom is -0.475 e. The van der Waals surface area contributed by atoms with Crippen molar-refractivity contribution in [3.8, 4) is 22.5 Å². The summed E-state index contributed by atoms with van der Waals surface area (Å²) in [6.45, 7) is 0. The van der Waals surface area contributed by atoms with Crippen molar-refractivity contribution < 1.29 is 65.6 Å². The summed E-state index contributed by atoms with van der Waals surface area (Å²) in [5.74, 6) is -2.76. The van der Waals surface area contributed by atoms with Crippen LogP contribution in [0.3, 0.4) is 0 Å². The zero-order valence-electron chi connectivity index (χ0n) is 17.7. The monoisotopic (exact) mass is 751 g/mol. The summed E-state index contributed by atoms with van der Waals surface area (Å²) in [6, 6.07) is 32.9. The van der Waals surface area contributed by atoms with Crippen LogP contribution in [0.4, 0.5) is 13.2 Å². The third kappa shape index (κ3) is 14.0. The van der Waals surface area contributed by atoms with Gasteiger partial charge in [0.2, 0.25) is 0 Å². The van der Waals surface area contributed by atoms with Crippen molar-refractivity contribution in [3.63, 3.8) is 0 Å². The first-order valence-corrected chi connectivity index (χ1v) is 9.22. The largest absolute Gasteiger partial charge is 0.490 e. The summed E-state index contributed by atoms with van der Waals surface area (Å²) in [5.41, 5.74) is 4.20. The standard InChI is InChI=1S/C11H9N.C11H8N.C2HF3O2.Ag.Ir.N2/c2*1-2-6-10(7-3-1)11-8-4-5-9-12-11;3-2(4,5)1(6)7;;;1-2/h1-9H;1-6,8-9H;(H,6,7);;;/q;-1;;;;. The number of rotatable bonds is 2. The number of aromatic nitrogens is 2. The maximum Gasteiger partial charge on any atom is 0.490 e. The van der Waals surface area contributed by atoms with E-state index in [9.17, 15) is 13.2 Å². The van der Waals surface area contributed by atoms with Crippen molar-refractivity contribution >= 4 is 5.97 Å². The van der Waals surface area contributed by atoms with E-state index in [1.807, 2.05) is 85.1 Å². The molecule has 0 atom stereocenters. The van der Waals surface area contributed by atoms with Gasteiger partial charge in [0.25, 0.3) is 0 Å². The van der Waals surface area contributed by atoms with Crippen LogP contribution in [-0.2, 0) is 47.3 Å². The van der Waals surface area contributed by atoms with Gasteiger partial charge in [0.1, 0.15) is 0 Å². The molecule has 0 spiro atoms. The van der Waals surface area contributed by atoms with Crippen LogP contribution in [0.1, 0.15) is 0 Å². The topological polar surface area (TPSA) is 111 Å². The van der Waals surface area contributed by atoms with Crippen LogP contribution in [0, 0.1) is 16.9 Å². The molecule has 0 saturated carbocycles. The van der Waals surface area contributed by atoms with E-state index < -0.39 is 12.1 Å². The van der Waals surface area contributed by atoms with Gasteiger partial charge in [-0.15, -0.1) is 35.9 Å². The predicted molar refractivity (Wildman–Crippen MR) is 115 cm³/mol. The minimum atomic E-state index is -5.08. The number of nitrogens with zero attached hydrogens (tertiary/aromatic N) is 4. The molecule has 4 aromatic rings. The Morgan fingerprint density at radius 3 is 1.63 bits per heavy atom. The average molecular weight is 752 g/mol. The fourth-order valence-corrected chi connectivity index (χ4v) is 2.22. The second kappa shape index (κ2) is 19.2. The maximum absolute atomic E-state index is 10.6. The second-order valence-corrected chi connectivity index (χ2v) is 5.88. The van der Waals surface area contributed by atoms with Crippen LogP contribution in [0.5, 0.6) is 0 Å². The molecular weight excluding hydrogens is 733 g/mol. The van der Waals surface area contributed by atoms with Gasteiger partial charge in [-0.3, -0.25) is 4.98 Å². The summed E-state index contributed by atoms with van der Waals surface area (Å²) < 4.78 is 31.7. The van der Waals surface area contributed by atoms with Crippen molar-refractivity contribution in [1.82, 2.24) is 9.97 Å². The number of hydrogen-bond donors (Lipinski definition) is 1. The molecule has 0 aliphatic heterocycles. The zero-order valence-corrected chi connectivity index (χ0v) is 21.6. The van der Waals surface area contributed by atoms with E-state index in [4.69, 9.17) is 20.7 Å². The number of alkyl halides is 3. The number of carboxylic acids is 1. The molecule has 188 valence electrons. The second-order valence-electron chi connectivity index (χ2n) is 5.88. The quantitative estimate of drug-likeness (QED) is 0.154. The Morgan fingerprint density at radius 1 is 0.771 bits per heavy atom. The molecule has 0 amide bonds. The van der Waals surface area contributed by atoms with E-state index in [2.05, 4.69) is 28.2 Å². The number of aliphatic carboxylic acids is 1. The Balaban J connectivity index is 0. The maximum atomic E-state index is 10.6. The Bertz CT molecular complexity index is 941. The summed E-state index contributed by atoms with van der Waals surface area (Å²) >= 11 is 0. The van der Waals surface area contributed by atoms with Gasteiger partial charge >= 0.3 is 12.1 Å². The normalized spacial score (nSPS) is 8.94. The number of hydrogen-bond acceptors (Lipinski definition) is 5. The molecule has 0 fully saturated rings. The number of carboxylic acid groups (broad SMARTS) is 1. The average Bonchev–Trinajstić information content (AvgIpc) is 2.88. The zero-order chi connectivity index (χ0) is 24.5. The first kappa shape index (κ1) is 34.0. The summed E-state index contributed by atoms with van der Waals surface area (Å²) in [6.07, 6.45) is -1.49. The fourth-order valence-electron chi connectivity index (χ4n) is 2.22. The van der Waals surface area contributed by atoms with Gasteiger partial charge in [0.05, 0.1) is 5.69 Å². The number of benzene rings is 2. The number of halogens is 3. The first-order chi connectivity index (χ1) is 15.9. The molecule has 11 heteroatoms. The Hall–Kier alpha value is -3.19. The molecule has 0 bridgehead atoms. The van der Waals surface area contributed by atoms with Gasteiger partial charge in [0.15, 0.2) is 0 Å². The molecule has 2 aromatic heterocycles. The molecule has 0 unspecified atom stereocenters. The molecule has 2 radical (unpaired) electrons. The van der Waals surface area contributed by atoms with Gasteiger partial charge in [0, 0.05) is 71.2 Å². The SMILES string of the molecule is N#N.O=C(O)C(F)(F)F.[Ag].[Ir].[c-]1ccccc1-c1ccccn1.c1ccc(-c2ccccn2)cc1. The summed E-state index contributed by atoms with van der Waals surface area (Å²) in [7, 11) is 0. The van der Waals surface area contributed by atoms with E-state index in [0.717, 1.165) is 22.5 Å². The minimum absolute atomic E-state index is 0. The summed E-state index contributed by atoms with van der Waals surface area (Å²) in [5, 5.41) is 19.1. The van der Waals surface area contributed by atoms with E-state index in [1.54, 1.807) is 6.20 Å². The van der Waals surface area contributed by atoms with E-state index in [-0.39, 0.29) is 42.5 Å². The third-order valence-corrected chi connectivity index (χ3v) is 3.63. The smallest absolute Gasteiger partial charge is 0.475 e. The first-order valence-electron chi connectivity index (χ1n) is 9.22. The molecule has 2 aromatic carbocycles. The van der Waals surface area contributed by atoms with Crippen LogP contribution in [0.2, 0.25) is 0 Å². The predicted octanol–water partition coefficient (Wildman–Crippen LogP) is 5.96. The van der Waals surface area contributed by atoms with Gasteiger partial charge in [-0.1, -0.05) is 48.5 Å². The number of pyridine rings is 2. The summed E-state index contributed by atoms with van der Waals surface area (Å²) in [4.78, 5) is 17.4. The van der Waals surface area contributed by atoms with Crippen molar-refractivity contribution in [2.24, 2.45) is 0 Å². The van der Waals surface area contributed by atoms with E-state index in [0.29, 0.717) is 0 Å². The van der Waals surface area contributed by atoms with Crippen molar-refractivity contribution in [1.29, 1.82) is 10.8 Å². The van der Waals surface area contributed by atoms with Gasteiger partial charge in [-0.05, 0) is 23.9 Å². The van der Waals surface area contributed by atoms with Crippen LogP contribution >= 0.6 is 0 Å². The molecule has 4 rings (SSSR count). The van der Waals surface area contributed by atoms with Crippen molar-refractivity contribution in [2.75, 3.05) is 0 Å². The Kier molecular flexibility index (Phi) is 18.6. The van der Waals surface area contributed by atoms with Crippen LogP contribution in [0.25, 0.3) is 22.5 Å². The molecule has 0 aliphatic carbocycles. The molecule has 35 heavy (non-hydrogen) atoms. The van der Waals surface area contributed by atoms with E-state index >= 15 is 0 Å². The molecule has 2 heterocycles. The van der Waals surface area contributed by atoms with Gasteiger partial charge < -0.3 is 10.1 Å². The Labute approximate surface area is 229 Å². The molecular formula is C24H18AgF3IrN4O2-. The van der Waals surface area contributed by atoms with Crippen molar-refractivity contribution in [2.45, 2.75) is 6.18 Å². The van der Waals surface area contributed by atoms with Crippen LogP contribution < -0.4 is 0 Å². The van der Waals surface area contributed by atoms with Gasteiger partial charge in [-0.25, -0.2) is 4.79 Å². The van der Waals surface area contributed by atoms with Crippen LogP contribution in [-0.4, -0.2) is 27.2 Å². The fraction of sp³-hybridized carbons (Fsp3) is 0.0417. The third-order valence-electron chi connectivity index (χ3n) is 3.63. The van der Waals surface area contributed by atoms with Gasteiger partial charge in [-0.2, -0.15) is 13.2 Å². The number of carbonyl (C=O) groups is 1. The molecule has 0 aliphatic rings. The van der Waals surface area contributed by atoms with Crippen molar-refractivity contribution in [3.05, 3.63) is 109 Å². The molecule has 1 N–H and O–H groups in total. The van der Waals surface area contributed by atoms with E-state index in [1.165, 1.54) is 0 Å². The molecule has 0 saturated heterocycles. The molecule has 6 nitrogen and oxygen atoms in total. The Morgan fingerprint density at radius 2 is 1.23 bits per heavy atom. The van der Waals surface area contributed by atoms with Crippen LogP contribution in [0.15, 0.2) is 103 Å².